The lowest BCUT2D eigenvalue weighted by molar-refractivity contribution is -0.123. The predicted octanol–water partition coefficient (Wildman–Crippen LogP) is 7.09. The molecule has 2 aliphatic carbocycles. The Bertz CT molecular complexity index is 1960. The largest absolute Gasteiger partial charge is 0.483 e. The summed E-state index contributed by atoms with van der Waals surface area (Å²) in [5.41, 5.74) is 1.85. The number of halogens is 3. The van der Waals surface area contributed by atoms with Crippen molar-refractivity contribution in [1.29, 1.82) is 0 Å². The summed E-state index contributed by atoms with van der Waals surface area (Å²) >= 11 is 21.4. The number of benzene rings is 3. The highest BCUT2D eigenvalue weighted by Crippen LogP contribution is 2.69. The van der Waals surface area contributed by atoms with E-state index in [4.69, 9.17) is 39.5 Å². The van der Waals surface area contributed by atoms with Crippen LogP contribution in [0.2, 0.25) is 15.1 Å². The number of fused-ring (bicyclic) bond motifs is 9. The minimum absolute atomic E-state index is 0.0176. The van der Waals surface area contributed by atoms with E-state index < -0.39 is 11.8 Å². The molecule has 2 N–H and O–H groups in total. The molecule has 4 aromatic rings. The molecule has 2 saturated carbocycles. The Morgan fingerprint density at radius 1 is 0.891 bits per heavy atom. The molecule has 0 radical (unpaired) electrons. The maximum Gasteiger partial charge on any atom is 0.305 e. The van der Waals surface area contributed by atoms with Crippen LogP contribution in [-0.4, -0.2) is 34.6 Å². The third-order valence-corrected chi connectivity index (χ3v) is 12.9. The molecule has 1 saturated heterocycles. The summed E-state index contributed by atoms with van der Waals surface area (Å²) in [6.07, 6.45) is 0.736. The number of nitrogens with one attached hydrogen (secondary N) is 2. The number of aromatic nitrogens is 1. The standard InChI is InChI=1S/C33H24Cl3N3O5S2/c34-14-1-6-17(7-2-14)37-23(40)13-44-22-10-5-16(36)11-19(22)24-25-20-12-21(28(25)45-30-29(24)46-33(43)38-30)27-26(20)31(41)39(32(27)42)18-8-3-15(35)4-9-18/h1-11,20-21,24-28H,12-13H2,(H,37,40)(H,38,43)/t20-,21-,24-,25?,26?,27?,28?/m1/s1. The molecule has 13 heteroatoms. The van der Waals surface area contributed by atoms with E-state index >= 15 is 0 Å². The molecule has 3 heterocycles. The van der Waals surface area contributed by atoms with Gasteiger partial charge < -0.3 is 15.0 Å². The fraction of sp³-hybridized carbons (Fsp3) is 0.273. The minimum Gasteiger partial charge on any atom is -0.483 e. The van der Waals surface area contributed by atoms with Crippen molar-refractivity contribution in [1.82, 2.24) is 4.98 Å². The Morgan fingerprint density at radius 2 is 1.54 bits per heavy atom. The van der Waals surface area contributed by atoms with Gasteiger partial charge in [0.25, 0.3) is 5.91 Å². The summed E-state index contributed by atoms with van der Waals surface area (Å²) in [6, 6.07) is 18.8. The van der Waals surface area contributed by atoms with Gasteiger partial charge in [0.2, 0.25) is 11.8 Å². The number of thioether (sulfide) groups is 1. The van der Waals surface area contributed by atoms with Crippen molar-refractivity contribution in [3.05, 3.63) is 102 Å². The Kier molecular flexibility index (Phi) is 7.49. The fourth-order valence-electron chi connectivity index (χ4n) is 7.98. The normalized spacial score (nSPS) is 27.4. The number of H-pyrrole nitrogens is 1. The Balaban J connectivity index is 1.14. The average Bonchev–Trinajstić information content (AvgIpc) is 3.77. The van der Waals surface area contributed by atoms with E-state index in [2.05, 4.69) is 10.3 Å². The first kappa shape index (κ1) is 30.1. The van der Waals surface area contributed by atoms with E-state index in [1.165, 1.54) is 4.90 Å². The molecular formula is C33H24Cl3N3O5S2. The van der Waals surface area contributed by atoms with E-state index in [0.29, 0.717) is 32.2 Å². The van der Waals surface area contributed by atoms with Gasteiger partial charge in [-0.1, -0.05) is 46.1 Å². The van der Waals surface area contributed by atoms with Crippen LogP contribution in [0.1, 0.15) is 22.8 Å². The summed E-state index contributed by atoms with van der Waals surface area (Å²) in [4.78, 5) is 58.5. The molecule has 2 aliphatic heterocycles. The maximum absolute atomic E-state index is 14.0. The van der Waals surface area contributed by atoms with Crippen molar-refractivity contribution in [2.45, 2.75) is 22.6 Å². The fourth-order valence-corrected chi connectivity index (χ4v) is 11.3. The molecule has 4 aliphatic rings. The predicted molar refractivity (Wildman–Crippen MR) is 179 cm³/mol. The number of amides is 3. The maximum atomic E-state index is 14.0. The molecule has 3 aromatic carbocycles. The highest BCUT2D eigenvalue weighted by Gasteiger charge is 2.69. The smallest absolute Gasteiger partial charge is 0.305 e. The first-order valence-electron chi connectivity index (χ1n) is 14.7. The first-order valence-corrected chi connectivity index (χ1v) is 17.5. The van der Waals surface area contributed by atoms with Crippen molar-refractivity contribution in [3.8, 4) is 5.75 Å². The summed E-state index contributed by atoms with van der Waals surface area (Å²) in [5.74, 6) is -1.71. The zero-order valence-electron chi connectivity index (χ0n) is 23.7. The minimum atomic E-state index is -0.469. The number of carbonyl (C=O) groups excluding carboxylic acids is 3. The highest BCUT2D eigenvalue weighted by molar-refractivity contribution is 8.00. The van der Waals surface area contributed by atoms with Crippen molar-refractivity contribution in [3.63, 3.8) is 0 Å². The summed E-state index contributed by atoms with van der Waals surface area (Å²) in [5, 5.41) is 5.12. The molecule has 0 spiro atoms. The molecule has 3 amide bonds. The molecule has 234 valence electrons. The van der Waals surface area contributed by atoms with Crippen LogP contribution in [0.5, 0.6) is 5.75 Å². The summed E-state index contributed by atoms with van der Waals surface area (Å²) in [6.45, 7) is -0.261. The van der Waals surface area contributed by atoms with Crippen LogP contribution < -0.4 is 19.8 Å². The molecule has 8 rings (SSSR count). The number of thiazole rings is 1. The van der Waals surface area contributed by atoms with E-state index in [1.807, 2.05) is 6.07 Å². The Labute approximate surface area is 286 Å². The first-order chi connectivity index (χ1) is 22.2. The van der Waals surface area contributed by atoms with Crippen LogP contribution >= 0.6 is 57.9 Å². The zero-order chi connectivity index (χ0) is 31.9. The van der Waals surface area contributed by atoms with Gasteiger partial charge in [-0.2, -0.15) is 0 Å². The monoisotopic (exact) mass is 711 g/mol. The van der Waals surface area contributed by atoms with Gasteiger partial charge in [0.15, 0.2) is 6.61 Å². The van der Waals surface area contributed by atoms with Crippen LogP contribution in [0.25, 0.3) is 0 Å². The van der Waals surface area contributed by atoms with Crippen LogP contribution in [-0.2, 0) is 14.4 Å². The molecule has 7 atom stereocenters. The van der Waals surface area contributed by atoms with Gasteiger partial charge in [-0.25, -0.2) is 0 Å². The zero-order valence-corrected chi connectivity index (χ0v) is 27.6. The highest BCUT2D eigenvalue weighted by atomic mass is 35.5. The van der Waals surface area contributed by atoms with Gasteiger partial charge in [0, 0.05) is 42.4 Å². The quantitative estimate of drug-likeness (QED) is 0.207. The van der Waals surface area contributed by atoms with Gasteiger partial charge in [-0.05, 0) is 90.9 Å². The lowest BCUT2D eigenvalue weighted by Crippen LogP contribution is -2.42. The average molecular weight is 713 g/mol. The van der Waals surface area contributed by atoms with Gasteiger partial charge in [-0.3, -0.25) is 24.1 Å². The number of anilines is 2. The van der Waals surface area contributed by atoms with Gasteiger partial charge in [0.05, 0.1) is 22.5 Å². The van der Waals surface area contributed by atoms with E-state index in [0.717, 1.165) is 33.2 Å². The number of rotatable bonds is 6. The number of aromatic amines is 1. The summed E-state index contributed by atoms with van der Waals surface area (Å²) in [7, 11) is 0. The second-order valence-corrected chi connectivity index (χ2v) is 15.5. The Morgan fingerprint density at radius 3 is 2.26 bits per heavy atom. The van der Waals surface area contributed by atoms with Crippen LogP contribution in [0, 0.1) is 29.6 Å². The SMILES string of the molecule is O=C(COc1ccc(Cl)cc1[C@H]1c2sc(=O)[nH]c2SC2C1[C@H]1C[C@@H]2C2C(=O)N(c3ccc(Cl)cc3)C(=O)C21)Nc1ccc(Cl)cc1. The van der Waals surface area contributed by atoms with Crippen molar-refractivity contribution in [2.75, 3.05) is 16.8 Å². The van der Waals surface area contributed by atoms with E-state index in [-0.39, 0.29) is 58.1 Å². The molecular weight excluding hydrogens is 689 g/mol. The van der Waals surface area contributed by atoms with Crippen molar-refractivity contribution in [2.24, 2.45) is 29.6 Å². The van der Waals surface area contributed by atoms with Crippen molar-refractivity contribution >= 4 is 87.0 Å². The van der Waals surface area contributed by atoms with Crippen molar-refractivity contribution < 1.29 is 19.1 Å². The lowest BCUT2D eigenvalue weighted by atomic mass is 9.68. The molecule has 4 unspecified atom stereocenters. The van der Waals surface area contributed by atoms with E-state index in [9.17, 15) is 19.2 Å². The van der Waals surface area contributed by atoms with Gasteiger partial charge >= 0.3 is 4.87 Å². The van der Waals surface area contributed by atoms with Gasteiger partial charge in [0.1, 0.15) is 5.75 Å². The second kappa shape index (κ2) is 11.5. The summed E-state index contributed by atoms with van der Waals surface area (Å²) < 4.78 is 6.14. The number of nitrogens with zero attached hydrogens (tertiary/aromatic N) is 1. The van der Waals surface area contributed by atoms with Crippen LogP contribution in [0.3, 0.4) is 0 Å². The molecule has 2 bridgehead atoms. The number of hydrogen-bond donors (Lipinski definition) is 2. The lowest BCUT2D eigenvalue weighted by Gasteiger charge is -2.43. The number of imide groups is 1. The third kappa shape index (κ3) is 4.88. The Hall–Kier alpha value is -3.28. The molecule has 46 heavy (non-hydrogen) atoms. The molecule has 1 aromatic heterocycles. The van der Waals surface area contributed by atoms with Crippen LogP contribution in [0.15, 0.2) is 76.6 Å². The molecule has 8 nitrogen and oxygen atoms in total. The van der Waals surface area contributed by atoms with Gasteiger partial charge in [-0.15, -0.1) is 11.8 Å². The number of ether oxygens (including phenoxy) is 1. The third-order valence-electron chi connectivity index (χ3n) is 9.60. The number of carbonyl (C=O) groups is 3. The second-order valence-electron chi connectivity index (χ2n) is 12.0. The topological polar surface area (TPSA) is 109 Å². The molecule has 3 fully saturated rings. The van der Waals surface area contributed by atoms with E-state index in [1.54, 1.807) is 72.4 Å². The van der Waals surface area contributed by atoms with Crippen LogP contribution in [0.4, 0.5) is 11.4 Å². The number of hydrogen-bond acceptors (Lipinski definition) is 7.